The number of thiazole rings is 1. The highest BCUT2D eigenvalue weighted by Gasteiger charge is 2.10. The monoisotopic (exact) mass is 394 g/mol. The quantitative estimate of drug-likeness (QED) is 0.536. The number of hydrogen-bond donors (Lipinski definition) is 1. The highest BCUT2D eigenvalue weighted by molar-refractivity contribution is 7.12. The molecule has 0 spiro atoms. The molecule has 142 valence electrons. The van der Waals surface area contributed by atoms with Crippen LogP contribution in [0.4, 0.5) is 0 Å². The van der Waals surface area contributed by atoms with Crippen LogP contribution in [0.3, 0.4) is 0 Å². The van der Waals surface area contributed by atoms with Gasteiger partial charge in [0.1, 0.15) is 6.33 Å². The number of tetrazole rings is 1. The van der Waals surface area contributed by atoms with E-state index in [1.54, 1.807) is 29.5 Å². The third-order valence-electron chi connectivity index (χ3n) is 4.12. The van der Waals surface area contributed by atoms with Gasteiger partial charge in [-0.15, -0.1) is 16.4 Å². The second kappa shape index (κ2) is 7.69. The van der Waals surface area contributed by atoms with E-state index in [0.717, 1.165) is 27.9 Å². The van der Waals surface area contributed by atoms with Crippen LogP contribution in [-0.4, -0.2) is 47.4 Å². The molecule has 0 fully saturated rings. The first kappa shape index (κ1) is 18.0. The highest BCUT2D eigenvalue weighted by atomic mass is 32.1. The van der Waals surface area contributed by atoms with Crippen molar-refractivity contribution in [3.8, 4) is 10.8 Å². The van der Waals surface area contributed by atoms with Crippen LogP contribution in [0.25, 0.3) is 10.8 Å². The summed E-state index contributed by atoms with van der Waals surface area (Å²) < 4.78 is 3.35. The summed E-state index contributed by atoms with van der Waals surface area (Å²) in [4.78, 5) is 17.0. The van der Waals surface area contributed by atoms with Gasteiger partial charge in [0, 0.05) is 29.6 Å². The van der Waals surface area contributed by atoms with Crippen LogP contribution in [-0.2, 0) is 6.42 Å². The lowest BCUT2D eigenvalue weighted by Gasteiger charge is -2.06. The zero-order valence-electron chi connectivity index (χ0n) is 15.4. The number of aryl methyl sites for hydroxylation is 2. The summed E-state index contributed by atoms with van der Waals surface area (Å²) in [5, 5.41) is 21.3. The second-order valence-corrected chi connectivity index (χ2v) is 7.11. The molecular weight excluding hydrogens is 376 g/mol. The fraction of sp³-hybridized carbons (Fsp3) is 0.222. The van der Waals surface area contributed by atoms with E-state index < -0.39 is 0 Å². The van der Waals surface area contributed by atoms with Crippen molar-refractivity contribution in [1.29, 1.82) is 0 Å². The minimum atomic E-state index is -0.149. The third-order valence-corrected chi connectivity index (χ3v) is 4.98. The molecule has 0 aliphatic carbocycles. The molecule has 1 amide bonds. The number of rotatable bonds is 6. The molecule has 3 heterocycles. The molecule has 1 N–H and O–H groups in total. The van der Waals surface area contributed by atoms with E-state index in [-0.39, 0.29) is 5.91 Å². The number of hydrogen-bond acceptors (Lipinski definition) is 7. The first-order chi connectivity index (χ1) is 13.6. The van der Waals surface area contributed by atoms with Gasteiger partial charge >= 0.3 is 0 Å². The summed E-state index contributed by atoms with van der Waals surface area (Å²) in [6.07, 6.45) is 2.13. The number of nitrogens with one attached hydrogen (secondary N) is 1. The highest BCUT2D eigenvalue weighted by Crippen LogP contribution is 2.17. The summed E-state index contributed by atoms with van der Waals surface area (Å²) in [7, 11) is 0. The molecule has 3 aromatic heterocycles. The molecule has 0 unspecified atom stereocenters. The number of nitrogens with zero attached hydrogens (tertiary/aromatic N) is 7. The van der Waals surface area contributed by atoms with Gasteiger partial charge in [-0.3, -0.25) is 4.79 Å². The lowest BCUT2D eigenvalue weighted by molar-refractivity contribution is 0.0954. The summed E-state index contributed by atoms with van der Waals surface area (Å²) in [5.41, 5.74) is 4.22. The molecule has 0 saturated carbocycles. The van der Waals surface area contributed by atoms with Gasteiger partial charge in [0.15, 0.2) is 0 Å². The standard InChI is InChI=1S/C18H18N8OS/c1-12-8-13(2)26(22-12)18-21-15(10-28-18)6-7-19-17(27)14-4-3-5-16(9-14)25-11-20-23-24-25/h3-5,8-11H,6-7H2,1-2H3,(H,19,27). The average Bonchev–Trinajstić information content (AvgIpc) is 3.43. The molecule has 4 rings (SSSR count). The van der Waals surface area contributed by atoms with Crippen LogP contribution in [0.2, 0.25) is 0 Å². The Morgan fingerprint density at radius 3 is 2.89 bits per heavy atom. The lowest BCUT2D eigenvalue weighted by atomic mass is 10.2. The Kier molecular flexibility index (Phi) is 4.94. The number of amides is 1. The van der Waals surface area contributed by atoms with E-state index in [1.807, 2.05) is 36.0 Å². The number of carbonyl (C=O) groups excluding carboxylic acids is 1. The molecule has 0 bridgehead atoms. The molecule has 1 aromatic carbocycles. The largest absolute Gasteiger partial charge is 0.352 e. The van der Waals surface area contributed by atoms with E-state index in [9.17, 15) is 4.79 Å². The smallest absolute Gasteiger partial charge is 0.251 e. The summed E-state index contributed by atoms with van der Waals surface area (Å²) >= 11 is 1.54. The maximum atomic E-state index is 12.4. The minimum Gasteiger partial charge on any atom is -0.352 e. The maximum absolute atomic E-state index is 12.4. The number of benzene rings is 1. The Morgan fingerprint density at radius 2 is 2.14 bits per heavy atom. The van der Waals surface area contributed by atoms with Gasteiger partial charge in [0.05, 0.1) is 17.1 Å². The molecule has 0 radical (unpaired) electrons. The topological polar surface area (TPSA) is 103 Å². The van der Waals surface area contributed by atoms with Crippen LogP contribution in [0.15, 0.2) is 42.0 Å². The van der Waals surface area contributed by atoms with Crippen LogP contribution >= 0.6 is 11.3 Å². The maximum Gasteiger partial charge on any atom is 0.251 e. The van der Waals surface area contributed by atoms with E-state index in [0.29, 0.717) is 18.5 Å². The average molecular weight is 394 g/mol. The normalized spacial score (nSPS) is 10.9. The van der Waals surface area contributed by atoms with E-state index >= 15 is 0 Å². The molecule has 10 heteroatoms. The van der Waals surface area contributed by atoms with Crippen LogP contribution in [0.1, 0.15) is 27.4 Å². The van der Waals surface area contributed by atoms with Crippen molar-refractivity contribution in [2.45, 2.75) is 20.3 Å². The van der Waals surface area contributed by atoms with Crippen molar-refractivity contribution < 1.29 is 4.79 Å². The number of carbonyl (C=O) groups is 1. The Balaban J connectivity index is 1.36. The van der Waals surface area contributed by atoms with Crippen molar-refractivity contribution in [2.24, 2.45) is 0 Å². The molecule has 0 atom stereocenters. The van der Waals surface area contributed by atoms with Crippen LogP contribution in [0.5, 0.6) is 0 Å². The second-order valence-electron chi connectivity index (χ2n) is 6.27. The van der Waals surface area contributed by atoms with Gasteiger partial charge < -0.3 is 5.32 Å². The van der Waals surface area contributed by atoms with Gasteiger partial charge in [0.2, 0.25) is 5.13 Å². The molecule has 0 aliphatic heterocycles. The van der Waals surface area contributed by atoms with Gasteiger partial charge in [0.25, 0.3) is 5.91 Å². The molecule has 0 aliphatic rings. The summed E-state index contributed by atoms with van der Waals surface area (Å²) in [5.74, 6) is -0.149. The van der Waals surface area contributed by atoms with Crippen LogP contribution < -0.4 is 5.32 Å². The van der Waals surface area contributed by atoms with Gasteiger partial charge in [-0.2, -0.15) is 5.10 Å². The Hall–Kier alpha value is -3.40. The first-order valence-electron chi connectivity index (χ1n) is 8.70. The van der Waals surface area contributed by atoms with Gasteiger partial charge in [-0.1, -0.05) is 6.07 Å². The molecule has 9 nitrogen and oxygen atoms in total. The third kappa shape index (κ3) is 3.81. The predicted octanol–water partition coefficient (Wildman–Crippen LogP) is 1.89. The van der Waals surface area contributed by atoms with Crippen molar-refractivity contribution in [3.05, 3.63) is 64.7 Å². The van der Waals surface area contributed by atoms with Crippen molar-refractivity contribution in [2.75, 3.05) is 6.54 Å². The molecule has 0 saturated heterocycles. The predicted molar refractivity (Wildman–Crippen MR) is 104 cm³/mol. The van der Waals surface area contributed by atoms with Crippen molar-refractivity contribution >= 4 is 17.2 Å². The number of aromatic nitrogens is 7. The zero-order chi connectivity index (χ0) is 19.5. The Bertz CT molecular complexity index is 1100. The first-order valence-corrected chi connectivity index (χ1v) is 9.58. The van der Waals surface area contributed by atoms with E-state index in [4.69, 9.17) is 0 Å². The zero-order valence-corrected chi connectivity index (χ0v) is 16.2. The molecule has 28 heavy (non-hydrogen) atoms. The fourth-order valence-electron chi connectivity index (χ4n) is 2.81. The summed E-state index contributed by atoms with van der Waals surface area (Å²) in [6, 6.07) is 9.16. The fourth-order valence-corrected chi connectivity index (χ4v) is 3.67. The summed E-state index contributed by atoms with van der Waals surface area (Å²) in [6.45, 7) is 4.46. The van der Waals surface area contributed by atoms with E-state index in [1.165, 1.54) is 11.0 Å². The molecular formula is C18H18N8OS. The van der Waals surface area contributed by atoms with Gasteiger partial charge in [-0.05, 0) is 48.5 Å². The SMILES string of the molecule is Cc1cc(C)n(-c2nc(CCNC(=O)c3cccc(-n4cnnn4)c3)cs2)n1. The Morgan fingerprint density at radius 1 is 1.25 bits per heavy atom. The minimum absolute atomic E-state index is 0.149. The van der Waals surface area contributed by atoms with Crippen molar-refractivity contribution in [3.63, 3.8) is 0 Å². The van der Waals surface area contributed by atoms with Crippen molar-refractivity contribution in [1.82, 2.24) is 40.3 Å². The van der Waals surface area contributed by atoms with Crippen LogP contribution in [0, 0.1) is 13.8 Å². The van der Waals surface area contributed by atoms with Gasteiger partial charge in [-0.25, -0.2) is 14.3 Å². The van der Waals surface area contributed by atoms with E-state index in [2.05, 4.69) is 30.9 Å². The molecule has 4 aromatic rings. The lowest BCUT2D eigenvalue weighted by Crippen LogP contribution is -2.25. The Labute approximate surface area is 165 Å².